The Morgan fingerprint density at radius 1 is 1.56 bits per heavy atom. The smallest absolute Gasteiger partial charge is 0.142 e. The minimum absolute atomic E-state index is 0.176. The number of imidazole rings is 1. The van der Waals surface area contributed by atoms with Crippen molar-refractivity contribution in [3.05, 3.63) is 28.2 Å². The van der Waals surface area contributed by atoms with E-state index in [1.807, 2.05) is 13.3 Å². The number of hydrogen-bond donors (Lipinski definition) is 0. The monoisotopic (exact) mass is 282 g/mol. The maximum absolute atomic E-state index is 13.8. The quantitative estimate of drug-likeness (QED) is 0.822. The fourth-order valence-corrected chi connectivity index (χ4v) is 2.61. The largest absolute Gasteiger partial charge is 0.330 e. The second-order valence-corrected chi connectivity index (χ2v) is 5.36. The van der Waals surface area contributed by atoms with Gasteiger partial charge in [-0.15, -0.1) is 0 Å². The number of rotatable bonds is 2. The first-order valence-corrected chi connectivity index (χ1v) is 6.25. The van der Waals surface area contributed by atoms with Crippen LogP contribution in [0.4, 0.5) is 4.39 Å². The standard InChI is InChI=1S/C12H12BrFN2/c1-7-11(14)9(13)4-10-12(7)16(6-15-10)5-8-2-3-8/h4,6,8H,2-3,5H2,1H3. The van der Waals surface area contributed by atoms with Crippen molar-refractivity contribution in [3.8, 4) is 0 Å². The Balaban J connectivity index is 2.19. The van der Waals surface area contributed by atoms with E-state index in [-0.39, 0.29) is 5.82 Å². The molecule has 2 nitrogen and oxygen atoms in total. The summed E-state index contributed by atoms with van der Waals surface area (Å²) < 4.78 is 16.4. The van der Waals surface area contributed by atoms with Crippen LogP contribution in [0.25, 0.3) is 11.0 Å². The van der Waals surface area contributed by atoms with Crippen LogP contribution in [0.5, 0.6) is 0 Å². The van der Waals surface area contributed by atoms with E-state index in [1.165, 1.54) is 12.8 Å². The average Bonchev–Trinajstić information content (AvgIpc) is 2.97. The lowest BCUT2D eigenvalue weighted by molar-refractivity contribution is 0.607. The van der Waals surface area contributed by atoms with Crippen molar-refractivity contribution in [2.45, 2.75) is 26.3 Å². The molecule has 0 saturated heterocycles. The maximum Gasteiger partial charge on any atom is 0.142 e. The highest BCUT2D eigenvalue weighted by atomic mass is 79.9. The van der Waals surface area contributed by atoms with E-state index in [2.05, 4.69) is 25.5 Å². The van der Waals surface area contributed by atoms with Gasteiger partial charge in [0.25, 0.3) is 0 Å². The first-order valence-electron chi connectivity index (χ1n) is 5.46. The molecule has 0 N–H and O–H groups in total. The Kier molecular flexibility index (Phi) is 2.28. The van der Waals surface area contributed by atoms with Gasteiger partial charge >= 0.3 is 0 Å². The molecule has 1 aromatic carbocycles. The van der Waals surface area contributed by atoms with Crippen molar-refractivity contribution >= 4 is 27.0 Å². The number of aromatic nitrogens is 2. The fourth-order valence-electron chi connectivity index (χ4n) is 2.09. The van der Waals surface area contributed by atoms with Crippen LogP contribution in [0.1, 0.15) is 18.4 Å². The van der Waals surface area contributed by atoms with Gasteiger partial charge in [0.05, 0.1) is 21.8 Å². The van der Waals surface area contributed by atoms with Gasteiger partial charge in [-0.2, -0.15) is 0 Å². The molecule has 1 aliphatic carbocycles. The van der Waals surface area contributed by atoms with Crippen LogP contribution < -0.4 is 0 Å². The predicted molar refractivity (Wildman–Crippen MR) is 64.9 cm³/mol. The molecular formula is C12H12BrFN2. The summed E-state index contributed by atoms with van der Waals surface area (Å²) in [5, 5.41) is 0. The first kappa shape index (κ1) is 10.3. The lowest BCUT2D eigenvalue weighted by atomic mass is 10.2. The average molecular weight is 283 g/mol. The summed E-state index contributed by atoms with van der Waals surface area (Å²) in [7, 11) is 0. The van der Waals surface area contributed by atoms with Crippen molar-refractivity contribution in [2.24, 2.45) is 5.92 Å². The Bertz CT molecular complexity index is 558. The Hall–Kier alpha value is -0.900. The zero-order valence-corrected chi connectivity index (χ0v) is 10.6. The highest BCUT2D eigenvalue weighted by Crippen LogP contribution is 2.33. The second-order valence-electron chi connectivity index (χ2n) is 4.51. The maximum atomic E-state index is 13.8. The van der Waals surface area contributed by atoms with Gasteiger partial charge in [-0.05, 0) is 47.7 Å². The molecule has 0 atom stereocenters. The molecular weight excluding hydrogens is 271 g/mol. The molecule has 1 saturated carbocycles. The van der Waals surface area contributed by atoms with Crippen molar-refractivity contribution in [3.63, 3.8) is 0 Å². The predicted octanol–water partition coefficient (Wildman–Crippen LogP) is 3.66. The van der Waals surface area contributed by atoms with E-state index in [0.717, 1.165) is 23.5 Å². The van der Waals surface area contributed by atoms with Gasteiger partial charge in [0.1, 0.15) is 5.82 Å². The lowest BCUT2D eigenvalue weighted by Crippen LogP contribution is -2.00. The third kappa shape index (κ3) is 1.56. The minimum Gasteiger partial charge on any atom is -0.330 e. The van der Waals surface area contributed by atoms with Crippen LogP contribution in [-0.4, -0.2) is 9.55 Å². The fraction of sp³-hybridized carbons (Fsp3) is 0.417. The van der Waals surface area contributed by atoms with Crippen LogP contribution >= 0.6 is 15.9 Å². The highest BCUT2D eigenvalue weighted by molar-refractivity contribution is 9.10. The van der Waals surface area contributed by atoms with E-state index in [9.17, 15) is 4.39 Å². The number of benzene rings is 1. The van der Waals surface area contributed by atoms with Crippen molar-refractivity contribution in [1.82, 2.24) is 9.55 Å². The summed E-state index contributed by atoms with van der Waals surface area (Å²) in [5.41, 5.74) is 2.49. The molecule has 4 heteroatoms. The third-order valence-electron chi connectivity index (χ3n) is 3.18. The molecule has 1 aromatic heterocycles. The number of hydrogen-bond acceptors (Lipinski definition) is 1. The molecule has 0 unspecified atom stereocenters. The van der Waals surface area contributed by atoms with E-state index in [4.69, 9.17) is 0 Å². The van der Waals surface area contributed by atoms with Gasteiger partial charge in [-0.1, -0.05) is 0 Å². The van der Waals surface area contributed by atoms with Crippen LogP contribution in [0.2, 0.25) is 0 Å². The van der Waals surface area contributed by atoms with Crippen molar-refractivity contribution < 1.29 is 4.39 Å². The third-order valence-corrected chi connectivity index (χ3v) is 3.75. The van der Waals surface area contributed by atoms with Crippen molar-refractivity contribution in [1.29, 1.82) is 0 Å². The van der Waals surface area contributed by atoms with E-state index in [1.54, 1.807) is 6.07 Å². The zero-order valence-electron chi connectivity index (χ0n) is 9.00. The van der Waals surface area contributed by atoms with Gasteiger partial charge in [0.2, 0.25) is 0 Å². The molecule has 0 spiro atoms. The topological polar surface area (TPSA) is 17.8 Å². The summed E-state index contributed by atoms with van der Waals surface area (Å²) in [6.07, 6.45) is 4.40. The minimum atomic E-state index is -0.176. The molecule has 84 valence electrons. The molecule has 0 aliphatic heterocycles. The van der Waals surface area contributed by atoms with Gasteiger partial charge in [0, 0.05) is 12.1 Å². The molecule has 1 aliphatic rings. The normalized spacial score (nSPS) is 15.9. The number of halogens is 2. The number of nitrogens with zero attached hydrogens (tertiary/aromatic N) is 2. The number of fused-ring (bicyclic) bond motifs is 1. The summed E-state index contributed by atoms with van der Waals surface area (Å²) in [6.45, 7) is 2.78. The molecule has 16 heavy (non-hydrogen) atoms. The van der Waals surface area contributed by atoms with Crippen molar-refractivity contribution in [2.75, 3.05) is 0 Å². The molecule has 0 bridgehead atoms. The van der Waals surface area contributed by atoms with E-state index < -0.39 is 0 Å². The molecule has 1 fully saturated rings. The van der Waals surface area contributed by atoms with Gasteiger partial charge < -0.3 is 4.57 Å². The van der Waals surface area contributed by atoms with Gasteiger partial charge in [-0.25, -0.2) is 9.37 Å². The molecule has 2 aromatic rings. The molecule has 0 radical (unpaired) electrons. The van der Waals surface area contributed by atoms with Crippen LogP contribution in [-0.2, 0) is 6.54 Å². The zero-order chi connectivity index (χ0) is 11.3. The second kappa shape index (κ2) is 3.55. The molecule has 0 amide bonds. The first-order chi connectivity index (χ1) is 7.66. The van der Waals surface area contributed by atoms with Gasteiger partial charge in [-0.3, -0.25) is 0 Å². The van der Waals surface area contributed by atoms with Crippen LogP contribution in [0.3, 0.4) is 0 Å². The lowest BCUT2D eigenvalue weighted by Gasteiger charge is -2.06. The number of aryl methyl sites for hydroxylation is 1. The Labute approximate surface area is 102 Å². The Morgan fingerprint density at radius 2 is 2.31 bits per heavy atom. The summed E-state index contributed by atoms with van der Waals surface area (Å²) in [6, 6.07) is 1.75. The summed E-state index contributed by atoms with van der Waals surface area (Å²) >= 11 is 3.22. The van der Waals surface area contributed by atoms with Crippen LogP contribution in [0.15, 0.2) is 16.9 Å². The Morgan fingerprint density at radius 3 is 3.00 bits per heavy atom. The van der Waals surface area contributed by atoms with E-state index >= 15 is 0 Å². The highest BCUT2D eigenvalue weighted by Gasteiger charge is 2.23. The summed E-state index contributed by atoms with van der Waals surface area (Å²) in [4.78, 5) is 4.33. The molecule has 1 heterocycles. The van der Waals surface area contributed by atoms with Crippen LogP contribution in [0, 0.1) is 18.7 Å². The van der Waals surface area contributed by atoms with Gasteiger partial charge in [0.15, 0.2) is 0 Å². The molecule has 3 rings (SSSR count). The summed E-state index contributed by atoms with van der Waals surface area (Å²) in [5.74, 6) is 0.591. The SMILES string of the molecule is Cc1c(F)c(Br)cc2ncn(CC3CC3)c12. The van der Waals surface area contributed by atoms with E-state index in [0.29, 0.717) is 10.0 Å².